The molecule has 0 aliphatic carbocycles. The third kappa shape index (κ3) is 6.13. The Morgan fingerprint density at radius 2 is 1.89 bits per heavy atom. The summed E-state index contributed by atoms with van der Waals surface area (Å²) in [6, 6.07) is 0. The van der Waals surface area contributed by atoms with Crippen molar-refractivity contribution in [2.45, 2.75) is 26.6 Å². The van der Waals surface area contributed by atoms with E-state index in [1.807, 2.05) is 0 Å². The lowest BCUT2D eigenvalue weighted by Crippen LogP contribution is -2.16. The van der Waals surface area contributed by atoms with Gasteiger partial charge >= 0.3 is 0 Å². The van der Waals surface area contributed by atoms with Crippen molar-refractivity contribution in [2.24, 2.45) is 0 Å². The van der Waals surface area contributed by atoms with Gasteiger partial charge in [-0.15, -0.1) is 11.6 Å². The lowest BCUT2D eigenvalue weighted by atomic mass is 10.4. The summed E-state index contributed by atoms with van der Waals surface area (Å²) in [5.41, 5.74) is 3.65. The van der Waals surface area contributed by atoms with Gasteiger partial charge in [-0.1, -0.05) is 30.9 Å². The monoisotopic (exact) mass is 162 g/mol. The fraction of sp³-hybridized carbons (Fsp3) is 0.714. The molecule has 0 fully saturated rings. The summed E-state index contributed by atoms with van der Waals surface area (Å²) in [4.78, 5) is 0. The first kappa shape index (κ1) is 9.25. The van der Waals surface area contributed by atoms with Crippen LogP contribution in [-0.4, -0.2) is 14.0 Å². The molecule has 0 aliphatic heterocycles. The second-order valence-corrected chi connectivity index (χ2v) is 8.78. The molecule has 0 spiro atoms. The highest BCUT2D eigenvalue weighted by atomic mass is 35.5. The first-order valence-corrected chi connectivity index (χ1v) is 7.31. The molecule has 2 heteroatoms. The quantitative estimate of drug-likeness (QED) is 0.433. The van der Waals surface area contributed by atoms with Gasteiger partial charge in [0, 0.05) is 5.88 Å². The van der Waals surface area contributed by atoms with Crippen LogP contribution in [0.25, 0.3) is 0 Å². The van der Waals surface area contributed by atoms with Crippen molar-refractivity contribution in [1.29, 1.82) is 0 Å². The molecule has 0 N–H and O–H groups in total. The second kappa shape index (κ2) is 3.42. The molecule has 0 aliphatic rings. The largest absolute Gasteiger partial charge is 0.122 e. The highest BCUT2D eigenvalue weighted by molar-refractivity contribution is 6.81. The summed E-state index contributed by atoms with van der Waals surface area (Å²) in [6.07, 6.45) is 0. The van der Waals surface area contributed by atoms with Crippen molar-refractivity contribution in [3.05, 3.63) is 11.3 Å². The number of rotatable bonds is 2. The molecule has 0 radical (unpaired) electrons. The van der Waals surface area contributed by atoms with E-state index in [1.165, 1.54) is 5.57 Å². The summed E-state index contributed by atoms with van der Waals surface area (Å²) in [5, 5.41) is 0. The Hall–Kier alpha value is 0.247. The van der Waals surface area contributed by atoms with Crippen molar-refractivity contribution in [2.75, 3.05) is 5.88 Å². The van der Waals surface area contributed by atoms with Crippen LogP contribution in [-0.2, 0) is 0 Å². The summed E-state index contributed by atoms with van der Waals surface area (Å²) in [5.74, 6) is 0.685. The van der Waals surface area contributed by atoms with Crippen molar-refractivity contribution >= 4 is 19.7 Å². The van der Waals surface area contributed by atoms with E-state index in [4.69, 9.17) is 11.6 Å². The van der Waals surface area contributed by atoms with Crippen LogP contribution in [0.3, 0.4) is 0 Å². The zero-order chi connectivity index (χ0) is 7.49. The molecule has 0 unspecified atom stereocenters. The molecule has 0 bridgehead atoms. The van der Waals surface area contributed by atoms with Crippen molar-refractivity contribution in [3.8, 4) is 0 Å². The molecule has 0 saturated carbocycles. The molecule has 0 heterocycles. The zero-order valence-electron chi connectivity index (χ0n) is 6.66. The number of hydrogen-bond donors (Lipinski definition) is 0. The van der Waals surface area contributed by atoms with Gasteiger partial charge in [0.2, 0.25) is 0 Å². The van der Waals surface area contributed by atoms with E-state index in [0.29, 0.717) is 5.88 Å². The average molecular weight is 163 g/mol. The Labute approximate surface area is 63.9 Å². The maximum atomic E-state index is 5.61. The zero-order valence-corrected chi connectivity index (χ0v) is 8.42. The van der Waals surface area contributed by atoms with Crippen LogP contribution >= 0.6 is 11.6 Å². The van der Waals surface area contributed by atoms with E-state index in [1.54, 1.807) is 0 Å². The average Bonchev–Trinajstić information content (AvgIpc) is 1.62. The standard InChI is InChI=1S/C7H15ClSi/c1-7(5-8)6-9(2,3)4/h6H,5H2,1-4H3. The topological polar surface area (TPSA) is 0 Å². The molecule has 0 rings (SSSR count). The van der Waals surface area contributed by atoms with Crippen LogP contribution in [0.1, 0.15) is 6.92 Å². The van der Waals surface area contributed by atoms with E-state index in [9.17, 15) is 0 Å². The maximum Gasteiger partial charge on any atom is 0.0686 e. The third-order valence-electron chi connectivity index (χ3n) is 0.890. The normalized spacial score (nSPS) is 14.1. The number of alkyl halides is 1. The molecule has 9 heavy (non-hydrogen) atoms. The second-order valence-electron chi connectivity index (χ2n) is 3.49. The summed E-state index contributed by atoms with van der Waals surface area (Å²) < 4.78 is 0. The number of halogens is 1. The van der Waals surface area contributed by atoms with E-state index in [2.05, 4.69) is 32.3 Å². The highest BCUT2D eigenvalue weighted by Crippen LogP contribution is 2.07. The Kier molecular flexibility index (Phi) is 3.52. The van der Waals surface area contributed by atoms with Gasteiger partial charge in [0.25, 0.3) is 0 Å². The van der Waals surface area contributed by atoms with E-state index in [0.717, 1.165) is 0 Å². The van der Waals surface area contributed by atoms with Crippen molar-refractivity contribution in [3.63, 3.8) is 0 Å². The summed E-state index contributed by atoms with van der Waals surface area (Å²) in [6.45, 7) is 9.01. The van der Waals surface area contributed by atoms with Gasteiger partial charge in [0.05, 0.1) is 8.07 Å². The van der Waals surface area contributed by atoms with E-state index in [-0.39, 0.29) is 0 Å². The van der Waals surface area contributed by atoms with Crippen LogP contribution in [0.2, 0.25) is 19.6 Å². The minimum Gasteiger partial charge on any atom is -0.122 e. The predicted molar refractivity (Wildman–Crippen MR) is 47.8 cm³/mol. The molecule has 0 aromatic heterocycles. The van der Waals surface area contributed by atoms with Gasteiger partial charge in [-0.25, -0.2) is 0 Å². The van der Waals surface area contributed by atoms with Crippen LogP contribution in [0.4, 0.5) is 0 Å². The molecule has 0 aromatic rings. The fourth-order valence-corrected chi connectivity index (χ4v) is 2.56. The molecule has 0 nitrogen and oxygen atoms in total. The third-order valence-corrected chi connectivity index (χ3v) is 2.67. The van der Waals surface area contributed by atoms with Gasteiger partial charge in [-0.05, 0) is 6.92 Å². The molecule has 0 amide bonds. The van der Waals surface area contributed by atoms with Crippen LogP contribution < -0.4 is 0 Å². The van der Waals surface area contributed by atoms with Gasteiger partial charge in [-0.2, -0.15) is 0 Å². The van der Waals surface area contributed by atoms with Gasteiger partial charge in [-0.3, -0.25) is 0 Å². The Balaban J connectivity index is 3.95. The van der Waals surface area contributed by atoms with Crippen molar-refractivity contribution in [1.82, 2.24) is 0 Å². The summed E-state index contributed by atoms with van der Waals surface area (Å²) in [7, 11) is -0.988. The van der Waals surface area contributed by atoms with Crippen LogP contribution in [0, 0.1) is 0 Å². The first-order valence-electron chi connectivity index (χ1n) is 3.20. The Morgan fingerprint density at radius 3 is 2.00 bits per heavy atom. The van der Waals surface area contributed by atoms with Gasteiger partial charge in [0.1, 0.15) is 0 Å². The van der Waals surface area contributed by atoms with Crippen molar-refractivity contribution < 1.29 is 0 Å². The van der Waals surface area contributed by atoms with E-state index >= 15 is 0 Å². The molecule has 0 atom stereocenters. The maximum absolute atomic E-state index is 5.61. The van der Waals surface area contributed by atoms with Crippen LogP contribution in [0.15, 0.2) is 11.3 Å². The molecule has 0 aromatic carbocycles. The lowest BCUT2D eigenvalue weighted by Gasteiger charge is -2.09. The number of hydrogen-bond acceptors (Lipinski definition) is 0. The highest BCUT2D eigenvalue weighted by Gasteiger charge is 2.07. The Bertz CT molecular complexity index is 111. The molecular weight excluding hydrogens is 148 g/mol. The minimum absolute atomic E-state index is 0.685. The molecule has 54 valence electrons. The molecule has 0 saturated heterocycles. The van der Waals surface area contributed by atoms with Gasteiger partial charge < -0.3 is 0 Å². The molecular formula is C7H15ClSi. The minimum atomic E-state index is -0.988. The number of allylic oxidation sites excluding steroid dienone is 1. The SMILES string of the molecule is CC(=C[Si](C)(C)C)CCl. The summed E-state index contributed by atoms with van der Waals surface area (Å²) >= 11 is 5.61. The predicted octanol–water partition coefficient (Wildman–Crippen LogP) is 3.05. The van der Waals surface area contributed by atoms with E-state index < -0.39 is 8.07 Å². The smallest absolute Gasteiger partial charge is 0.0686 e. The Morgan fingerprint density at radius 1 is 1.44 bits per heavy atom. The lowest BCUT2D eigenvalue weighted by molar-refractivity contribution is 1.41. The van der Waals surface area contributed by atoms with Crippen LogP contribution in [0.5, 0.6) is 0 Å². The first-order chi connectivity index (χ1) is 3.95. The fourth-order valence-electron chi connectivity index (χ4n) is 0.778. The van der Waals surface area contributed by atoms with Gasteiger partial charge in [0.15, 0.2) is 0 Å².